The molecule has 1 aromatic heterocycles. The van der Waals surface area contributed by atoms with Crippen molar-refractivity contribution in [2.45, 2.75) is 52.0 Å². The molecule has 0 saturated carbocycles. The number of nitrogens with one attached hydrogen (secondary N) is 1. The summed E-state index contributed by atoms with van der Waals surface area (Å²) in [6.07, 6.45) is -1.34. The Morgan fingerprint density at radius 3 is 2.71 bits per heavy atom. The lowest BCUT2D eigenvalue weighted by atomic mass is 10.2. The molecule has 1 unspecified atom stereocenters. The molecule has 4 nitrogen and oxygen atoms in total. The highest BCUT2D eigenvalue weighted by atomic mass is 19.4. The molecule has 1 aromatic rings. The van der Waals surface area contributed by atoms with Crippen molar-refractivity contribution in [3.8, 4) is 0 Å². The maximum atomic E-state index is 12.3. The highest BCUT2D eigenvalue weighted by molar-refractivity contribution is 5.15. The van der Waals surface area contributed by atoms with Crippen molar-refractivity contribution in [1.82, 2.24) is 20.0 Å². The molecule has 120 valence electrons. The van der Waals surface area contributed by atoms with Gasteiger partial charge in [0.2, 0.25) is 0 Å². The second-order valence-electron chi connectivity index (χ2n) is 6.03. The molecule has 1 fully saturated rings. The predicted molar refractivity (Wildman–Crippen MR) is 75.1 cm³/mol. The summed E-state index contributed by atoms with van der Waals surface area (Å²) in [5.41, 5.74) is 2.08. The molecule has 2 heterocycles. The van der Waals surface area contributed by atoms with Crippen molar-refractivity contribution < 1.29 is 13.2 Å². The van der Waals surface area contributed by atoms with E-state index in [4.69, 9.17) is 0 Å². The summed E-state index contributed by atoms with van der Waals surface area (Å²) in [4.78, 5) is 1.46. The van der Waals surface area contributed by atoms with E-state index in [0.717, 1.165) is 17.7 Å². The lowest BCUT2D eigenvalue weighted by molar-refractivity contribution is -0.143. The smallest absolute Gasteiger partial charge is 0.308 e. The second kappa shape index (κ2) is 6.36. The maximum absolute atomic E-state index is 12.3. The number of rotatable bonds is 5. The highest BCUT2D eigenvalue weighted by Gasteiger charge is 2.34. The van der Waals surface area contributed by atoms with Gasteiger partial charge in [-0.25, -0.2) is 0 Å². The molecule has 21 heavy (non-hydrogen) atoms. The van der Waals surface area contributed by atoms with Crippen molar-refractivity contribution in [2.24, 2.45) is 0 Å². The van der Waals surface area contributed by atoms with Crippen LogP contribution in [0.2, 0.25) is 0 Å². The van der Waals surface area contributed by atoms with Crippen molar-refractivity contribution in [1.29, 1.82) is 0 Å². The Labute approximate surface area is 123 Å². The van der Waals surface area contributed by atoms with Gasteiger partial charge in [-0.3, -0.25) is 9.58 Å². The standard InChI is InChI=1S/C14H23F3N4/c1-10(2)21-7-12(11(3)19-21)6-18-13-4-5-20(8-13)9-14(15,16)17/h7,10,13,18H,4-6,8-9H2,1-3H3. The van der Waals surface area contributed by atoms with E-state index >= 15 is 0 Å². The predicted octanol–water partition coefficient (Wildman–Crippen LogP) is 2.50. The Morgan fingerprint density at radius 2 is 2.14 bits per heavy atom. The minimum Gasteiger partial charge on any atom is -0.308 e. The van der Waals surface area contributed by atoms with Crippen molar-refractivity contribution in [3.63, 3.8) is 0 Å². The van der Waals surface area contributed by atoms with E-state index in [1.54, 1.807) is 0 Å². The second-order valence-corrected chi connectivity index (χ2v) is 6.03. The zero-order valence-corrected chi connectivity index (χ0v) is 12.7. The molecule has 1 N–H and O–H groups in total. The van der Waals surface area contributed by atoms with Crippen LogP contribution in [0.25, 0.3) is 0 Å². The Morgan fingerprint density at radius 1 is 1.43 bits per heavy atom. The van der Waals surface area contributed by atoms with Crippen LogP contribution in [0.4, 0.5) is 13.2 Å². The summed E-state index contributed by atoms with van der Waals surface area (Å²) in [6.45, 7) is 6.89. The number of alkyl halides is 3. The molecular weight excluding hydrogens is 281 g/mol. The fourth-order valence-electron chi connectivity index (χ4n) is 2.61. The van der Waals surface area contributed by atoms with Gasteiger partial charge in [0.1, 0.15) is 0 Å². The van der Waals surface area contributed by atoms with Gasteiger partial charge in [0.15, 0.2) is 0 Å². The van der Waals surface area contributed by atoms with Crippen LogP contribution in [0.1, 0.15) is 37.6 Å². The summed E-state index contributed by atoms with van der Waals surface area (Å²) >= 11 is 0. The quantitative estimate of drug-likeness (QED) is 0.907. The summed E-state index contributed by atoms with van der Waals surface area (Å²) in [5, 5.41) is 7.78. The molecule has 1 aliphatic heterocycles. The maximum Gasteiger partial charge on any atom is 0.401 e. The van der Waals surface area contributed by atoms with Gasteiger partial charge in [0, 0.05) is 43.5 Å². The number of aryl methyl sites for hydroxylation is 1. The number of hydrogen-bond donors (Lipinski definition) is 1. The molecule has 0 bridgehead atoms. The van der Waals surface area contributed by atoms with Crippen LogP contribution in [-0.4, -0.2) is 46.5 Å². The van der Waals surface area contributed by atoms with Crippen LogP contribution in [0.15, 0.2) is 6.20 Å². The van der Waals surface area contributed by atoms with Crippen molar-refractivity contribution in [3.05, 3.63) is 17.5 Å². The van der Waals surface area contributed by atoms with Crippen LogP contribution in [-0.2, 0) is 6.54 Å². The fraction of sp³-hybridized carbons (Fsp3) is 0.786. The largest absolute Gasteiger partial charge is 0.401 e. The Hall–Kier alpha value is -1.08. The first-order valence-electron chi connectivity index (χ1n) is 7.31. The molecule has 0 radical (unpaired) electrons. The van der Waals surface area contributed by atoms with Crippen LogP contribution in [0.5, 0.6) is 0 Å². The molecule has 0 aliphatic carbocycles. The van der Waals surface area contributed by atoms with Crippen molar-refractivity contribution >= 4 is 0 Å². The summed E-state index contributed by atoms with van der Waals surface area (Å²) in [5.74, 6) is 0. The monoisotopic (exact) mass is 304 g/mol. The number of nitrogens with zero attached hydrogens (tertiary/aromatic N) is 3. The topological polar surface area (TPSA) is 33.1 Å². The van der Waals surface area contributed by atoms with Gasteiger partial charge < -0.3 is 5.32 Å². The molecule has 1 aliphatic rings. The number of halogens is 3. The average Bonchev–Trinajstić information content (AvgIpc) is 2.91. The third-order valence-electron chi connectivity index (χ3n) is 3.80. The Bertz CT molecular complexity index is 467. The number of likely N-dealkylation sites (tertiary alicyclic amines) is 1. The number of aromatic nitrogens is 2. The van der Waals surface area contributed by atoms with E-state index in [1.165, 1.54) is 4.90 Å². The molecular formula is C14H23F3N4. The summed E-state index contributed by atoms with van der Waals surface area (Å²) in [7, 11) is 0. The van der Waals surface area contributed by atoms with Crippen LogP contribution >= 0.6 is 0 Å². The minimum absolute atomic E-state index is 0.120. The number of hydrogen-bond acceptors (Lipinski definition) is 3. The van der Waals surface area contributed by atoms with E-state index in [-0.39, 0.29) is 6.04 Å². The van der Waals surface area contributed by atoms with Gasteiger partial charge in [-0.05, 0) is 27.2 Å². The van der Waals surface area contributed by atoms with Gasteiger partial charge in [-0.15, -0.1) is 0 Å². The lowest BCUT2D eigenvalue weighted by Gasteiger charge is -2.18. The van der Waals surface area contributed by atoms with Crippen LogP contribution < -0.4 is 5.32 Å². The molecule has 1 atom stereocenters. The van der Waals surface area contributed by atoms with Crippen LogP contribution in [0.3, 0.4) is 0 Å². The van der Waals surface area contributed by atoms with Gasteiger partial charge in [0.25, 0.3) is 0 Å². The van der Waals surface area contributed by atoms with Crippen molar-refractivity contribution in [2.75, 3.05) is 19.6 Å². The van der Waals surface area contributed by atoms with Crippen LogP contribution in [0, 0.1) is 6.92 Å². The van der Waals surface area contributed by atoms with Gasteiger partial charge >= 0.3 is 6.18 Å². The Balaban J connectivity index is 1.82. The summed E-state index contributed by atoms with van der Waals surface area (Å²) < 4.78 is 38.9. The zero-order chi connectivity index (χ0) is 15.6. The molecule has 0 amide bonds. The third-order valence-corrected chi connectivity index (χ3v) is 3.80. The van der Waals surface area contributed by atoms with E-state index in [2.05, 4.69) is 24.3 Å². The zero-order valence-electron chi connectivity index (χ0n) is 12.7. The normalized spacial score (nSPS) is 20.6. The molecule has 1 saturated heterocycles. The molecule has 0 aromatic carbocycles. The molecule has 7 heteroatoms. The third kappa shape index (κ3) is 4.71. The first kappa shape index (κ1) is 16.3. The first-order valence-corrected chi connectivity index (χ1v) is 7.31. The summed E-state index contributed by atoms with van der Waals surface area (Å²) in [6, 6.07) is 0.431. The lowest BCUT2D eigenvalue weighted by Crippen LogP contribution is -2.36. The fourth-order valence-corrected chi connectivity index (χ4v) is 2.61. The van der Waals surface area contributed by atoms with E-state index in [0.29, 0.717) is 25.7 Å². The van der Waals surface area contributed by atoms with Gasteiger partial charge in [-0.1, -0.05) is 0 Å². The van der Waals surface area contributed by atoms with Gasteiger partial charge in [0.05, 0.1) is 12.2 Å². The minimum atomic E-state index is -4.11. The SMILES string of the molecule is Cc1nn(C(C)C)cc1CNC1CCN(CC(F)(F)F)C1. The van der Waals surface area contributed by atoms with Gasteiger partial charge in [-0.2, -0.15) is 18.3 Å². The first-order chi connectivity index (χ1) is 9.74. The molecule has 0 spiro atoms. The van der Waals surface area contributed by atoms with E-state index < -0.39 is 12.7 Å². The highest BCUT2D eigenvalue weighted by Crippen LogP contribution is 2.20. The Kier molecular flexibility index (Phi) is 4.93. The molecule has 2 rings (SSSR count). The van der Waals surface area contributed by atoms with E-state index in [9.17, 15) is 13.2 Å². The van der Waals surface area contributed by atoms with E-state index in [1.807, 2.05) is 17.8 Å². The average molecular weight is 304 g/mol.